The van der Waals surface area contributed by atoms with E-state index in [4.69, 9.17) is 9.47 Å². The third-order valence-electron chi connectivity index (χ3n) is 4.68. The molecule has 1 spiro atoms. The average molecular weight is 398 g/mol. The van der Waals surface area contributed by atoms with Crippen LogP contribution in [0.25, 0.3) is 0 Å². The molecule has 4 N–H and O–H groups in total. The van der Waals surface area contributed by atoms with Crippen LogP contribution in [-0.2, 0) is 10.3 Å². The zero-order chi connectivity index (χ0) is 17.2. The summed E-state index contributed by atoms with van der Waals surface area (Å²) in [5.41, 5.74) is 1.28. The summed E-state index contributed by atoms with van der Waals surface area (Å²) in [5.74, 6) is 0.408. The number of rotatable bonds is 0. The van der Waals surface area contributed by atoms with Crippen LogP contribution in [0.3, 0.4) is 0 Å². The van der Waals surface area contributed by atoms with Gasteiger partial charge in [-0.2, -0.15) is 0 Å². The summed E-state index contributed by atoms with van der Waals surface area (Å²) in [6.07, 6.45) is 0. The first-order valence-corrected chi connectivity index (χ1v) is 7.77. The van der Waals surface area contributed by atoms with E-state index in [2.05, 4.69) is 0 Å². The quantitative estimate of drug-likeness (QED) is 0.441. The fourth-order valence-electron chi connectivity index (χ4n) is 3.65. The van der Waals surface area contributed by atoms with Gasteiger partial charge in [0.25, 0.3) is 0 Å². The minimum atomic E-state index is -1.17. The molecule has 2 heterocycles. The van der Waals surface area contributed by atoms with E-state index >= 15 is 0 Å². The van der Waals surface area contributed by atoms with Crippen LogP contribution in [0.15, 0.2) is 60.7 Å². The number of hydrogen-bond acceptors (Lipinski definition) is 5. The van der Waals surface area contributed by atoms with Gasteiger partial charge in [0.05, 0.1) is 5.56 Å². The van der Waals surface area contributed by atoms with Crippen molar-refractivity contribution in [3.63, 3.8) is 0 Å². The van der Waals surface area contributed by atoms with Gasteiger partial charge in [-0.25, -0.2) is 4.79 Å². The standard InChI is InChI=1S/C20H12O5.2Na.H2O.2H/c21-11-5-7-15-17(9-11)24-18-10-12(22)6-8-16(18)20(15)14-4-2-1-3-13(14)19(23)25-20;;;;;/h1-10,21-22H;;;1H2;;. The van der Waals surface area contributed by atoms with Crippen LogP contribution in [0.5, 0.6) is 23.0 Å². The molecule has 0 aliphatic carbocycles. The first-order valence-electron chi connectivity index (χ1n) is 7.77. The second kappa shape index (κ2) is 8.08. The Labute approximate surface area is 205 Å². The van der Waals surface area contributed by atoms with Crippen LogP contribution in [0.4, 0.5) is 0 Å². The molecule has 0 atom stereocenters. The summed E-state index contributed by atoms with van der Waals surface area (Å²) >= 11 is 0. The van der Waals surface area contributed by atoms with Crippen LogP contribution in [0.1, 0.15) is 27.0 Å². The molecule has 6 nitrogen and oxygen atoms in total. The predicted octanol–water partition coefficient (Wildman–Crippen LogP) is 1.54. The second-order valence-electron chi connectivity index (χ2n) is 6.08. The van der Waals surface area contributed by atoms with Crippen LogP contribution in [0.2, 0.25) is 0 Å². The van der Waals surface area contributed by atoms with E-state index in [9.17, 15) is 15.0 Å². The van der Waals surface area contributed by atoms with Gasteiger partial charge in [-0.1, -0.05) is 18.2 Å². The van der Waals surface area contributed by atoms with Gasteiger partial charge in [0.15, 0.2) is 5.60 Å². The average Bonchev–Trinajstić information content (AvgIpc) is 2.88. The number of benzene rings is 3. The number of hydrogen-bond donors (Lipinski definition) is 2. The van der Waals surface area contributed by atoms with Crippen molar-refractivity contribution in [3.05, 3.63) is 82.9 Å². The molecular weight excluding hydrogens is 382 g/mol. The molecule has 8 heteroatoms. The fourth-order valence-corrected chi connectivity index (χ4v) is 3.65. The monoisotopic (exact) mass is 398 g/mol. The molecule has 0 radical (unpaired) electrons. The third-order valence-corrected chi connectivity index (χ3v) is 4.68. The molecule has 0 unspecified atom stereocenters. The maximum absolute atomic E-state index is 12.5. The van der Waals surface area contributed by atoms with Crippen molar-refractivity contribution >= 4 is 65.1 Å². The van der Waals surface area contributed by atoms with E-state index in [1.54, 1.807) is 24.3 Å². The van der Waals surface area contributed by atoms with E-state index in [0.29, 0.717) is 33.8 Å². The third kappa shape index (κ3) is 3.06. The molecule has 0 saturated heterocycles. The molecule has 3 aromatic carbocycles. The summed E-state index contributed by atoms with van der Waals surface area (Å²) in [6, 6.07) is 16.6. The number of carbonyl (C=O) groups is 1. The number of aromatic hydroxyl groups is 2. The molecular formula is C20H16Na2O6. The van der Waals surface area contributed by atoms with Gasteiger partial charge in [-0.3, -0.25) is 0 Å². The van der Waals surface area contributed by atoms with Crippen LogP contribution < -0.4 is 4.74 Å². The number of ether oxygens (including phenoxy) is 2. The topological polar surface area (TPSA) is 107 Å². The van der Waals surface area contributed by atoms with Crippen molar-refractivity contribution in [2.75, 3.05) is 0 Å². The Balaban J connectivity index is 0.000000934. The summed E-state index contributed by atoms with van der Waals surface area (Å²) < 4.78 is 11.8. The van der Waals surface area contributed by atoms with Crippen molar-refractivity contribution in [1.29, 1.82) is 0 Å². The van der Waals surface area contributed by atoms with Crippen LogP contribution in [-0.4, -0.2) is 80.8 Å². The first-order chi connectivity index (χ1) is 12.1. The Hall–Kier alpha value is -1.51. The molecule has 2 aliphatic heterocycles. The SMILES string of the molecule is O.O=C1OC2(c3ccc(O)cc3Oc3cc(O)ccc32)c2ccccc21.[NaH].[NaH]. The number of phenols is 2. The molecule has 3 aromatic rings. The van der Waals surface area contributed by atoms with Crippen molar-refractivity contribution in [2.45, 2.75) is 5.60 Å². The summed E-state index contributed by atoms with van der Waals surface area (Å²) in [4.78, 5) is 12.5. The Morgan fingerprint density at radius 3 is 1.86 bits per heavy atom. The summed E-state index contributed by atoms with van der Waals surface area (Å²) in [5, 5.41) is 19.7. The molecule has 0 aromatic heterocycles. The Morgan fingerprint density at radius 1 is 0.750 bits per heavy atom. The number of esters is 1. The number of phenolic OH excluding ortho intramolecular Hbond substituents is 2. The van der Waals surface area contributed by atoms with Gasteiger partial charge in [0, 0.05) is 28.8 Å². The molecule has 0 amide bonds. The van der Waals surface area contributed by atoms with Gasteiger partial charge in [0.2, 0.25) is 0 Å². The Kier molecular flexibility index (Phi) is 6.57. The van der Waals surface area contributed by atoms with E-state index in [0.717, 1.165) is 0 Å². The Bertz CT molecular complexity index is 1010. The van der Waals surface area contributed by atoms with Gasteiger partial charge in [-0.15, -0.1) is 0 Å². The normalized spacial score (nSPS) is 14.1. The summed E-state index contributed by atoms with van der Waals surface area (Å²) in [7, 11) is 0. The molecule has 0 bridgehead atoms. The minimum absolute atomic E-state index is 0. The second-order valence-corrected chi connectivity index (χ2v) is 6.08. The van der Waals surface area contributed by atoms with E-state index < -0.39 is 11.6 Å². The van der Waals surface area contributed by atoms with Crippen LogP contribution in [0, 0.1) is 0 Å². The molecule has 5 rings (SSSR count). The number of fused-ring (bicyclic) bond motifs is 6. The van der Waals surface area contributed by atoms with E-state index in [-0.39, 0.29) is 76.1 Å². The molecule has 28 heavy (non-hydrogen) atoms. The molecule has 134 valence electrons. The molecule has 0 fully saturated rings. The zero-order valence-electron chi connectivity index (χ0n) is 13.4. The zero-order valence-corrected chi connectivity index (χ0v) is 13.4. The van der Waals surface area contributed by atoms with Gasteiger partial charge < -0.3 is 25.2 Å². The summed E-state index contributed by atoms with van der Waals surface area (Å²) in [6.45, 7) is 0. The van der Waals surface area contributed by atoms with Gasteiger partial charge in [-0.05, 0) is 30.3 Å². The predicted molar refractivity (Wildman–Crippen MR) is 106 cm³/mol. The van der Waals surface area contributed by atoms with Crippen molar-refractivity contribution < 1.29 is 30.0 Å². The van der Waals surface area contributed by atoms with Gasteiger partial charge in [0.1, 0.15) is 23.0 Å². The van der Waals surface area contributed by atoms with Crippen LogP contribution >= 0.6 is 0 Å². The van der Waals surface area contributed by atoms with E-state index in [1.807, 2.05) is 12.1 Å². The van der Waals surface area contributed by atoms with Crippen molar-refractivity contribution in [1.82, 2.24) is 0 Å². The fraction of sp³-hybridized carbons (Fsp3) is 0.0500. The van der Waals surface area contributed by atoms with Gasteiger partial charge >= 0.3 is 65.1 Å². The Morgan fingerprint density at radius 2 is 1.29 bits per heavy atom. The molecule has 2 aliphatic rings. The van der Waals surface area contributed by atoms with E-state index in [1.165, 1.54) is 24.3 Å². The van der Waals surface area contributed by atoms with Crippen molar-refractivity contribution in [2.24, 2.45) is 0 Å². The number of carbonyl (C=O) groups excluding carboxylic acids is 1. The van der Waals surface area contributed by atoms with Crippen molar-refractivity contribution in [3.8, 4) is 23.0 Å². The first kappa shape index (κ1) is 22.8. The maximum atomic E-state index is 12.5. The molecule has 0 saturated carbocycles.